The zero-order chi connectivity index (χ0) is 12.8. The summed E-state index contributed by atoms with van der Waals surface area (Å²) >= 11 is 1.94. The van der Waals surface area contributed by atoms with E-state index in [1.165, 1.54) is 5.75 Å². The van der Waals surface area contributed by atoms with E-state index in [1.807, 2.05) is 18.7 Å². The van der Waals surface area contributed by atoms with Gasteiger partial charge in [-0.2, -0.15) is 11.8 Å². The minimum Gasteiger partial charge on any atom is -0.382 e. The maximum absolute atomic E-state index is 5.37. The van der Waals surface area contributed by atoms with Gasteiger partial charge in [-0.3, -0.25) is 10.4 Å². The number of nitrogens with two attached hydrogens (primary N) is 1. The molecule has 0 radical (unpaired) electrons. The van der Waals surface area contributed by atoms with Crippen molar-refractivity contribution in [2.24, 2.45) is 10.8 Å². The van der Waals surface area contributed by atoms with Crippen molar-refractivity contribution in [2.45, 2.75) is 26.7 Å². The molecule has 0 aliphatic rings. The average Bonchev–Trinajstić information content (AvgIpc) is 2.36. The Kier molecular flexibility index (Phi) is 13.2. The molecule has 6 heteroatoms. The van der Waals surface area contributed by atoms with Gasteiger partial charge in [-0.1, -0.05) is 6.92 Å². The number of hydrogen-bond acceptors (Lipinski definition) is 4. The first-order chi connectivity index (χ1) is 8.35. The van der Waals surface area contributed by atoms with Crippen LogP contribution in [0.5, 0.6) is 0 Å². The molecule has 5 nitrogen and oxygen atoms in total. The molecule has 102 valence electrons. The van der Waals surface area contributed by atoms with E-state index < -0.39 is 0 Å². The number of hydrazine groups is 1. The van der Waals surface area contributed by atoms with Crippen LogP contribution in [0.25, 0.3) is 0 Å². The zero-order valence-corrected chi connectivity index (χ0v) is 11.8. The Morgan fingerprint density at radius 2 is 2.18 bits per heavy atom. The second-order valence-electron chi connectivity index (χ2n) is 3.40. The Hall–Kier alpha value is -0.460. The molecule has 0 unspecified atom stereocenters. The van der Waals surface area contributed by atoms with Crippen LogP contribution >= 0.6 is 11.8 Å². The molecule has 0 spiro atoms. The van der Waals surface area contributed by atoms with Gasteiger partial charge >= 0.3 is 0 Å². The molecule has 0 saturated carbocycles. The van der Waals surface area contributed by atoms with Crippen molar-refractivity contribution in [3.8, 4) is 0 Å². The third kappa shape index (κ3) is 11.8. The fraction of sp³-hybridized carbons (Fsp3) is 0.909. The van der Waals surface area contributed by atoms with Crippen LogP contribution in [-0.4, -0.2) is 43.8 Å². The van der Waals surface area contributed by atoms with Gasteiger partial charge in [0.2, 0.25) is 5.96 Å². The molecule has 0 fully saturated rings. The van der Waals surface area contributed by atoms with Crippen molar-refractivity contribution >= 4 is 17.7 Å². The number of hydrogen-bond donors (Lipinski definition) is 3. The van der Waals surface area contributed by atoms with Crippen molar-refractivity contribution in [1.82, 2.24) is 10.7 Å². The summed E-state index contributed by atoms with van der Waals surface area (Å²) in [5.41, 5.74) is 2.58. The molecule has 0 bridgehead atoms. The normalized spacial score (nSPS) is 11.6. The van der Waals surface area contributed by atoms with Gasteiger partial charge in [0.1, 0.15) is 0 Å². The largest absolute Gasteiger partial charge is 0.382 e. The number of nitrogens with one attached hydrogen (secondary N) is 2. The lowest BCUT2D eigenvalue weighted by Gasteiger charge is -2.08. The first-order valence-corrected chi connectivity index (χ1v) is 7.41. The summed E-state index contributed by atoms with van der Waals surface area (Å²) in [7, 11) is 0. The molecule has 0 amide bonds. The first kappa shape index (κ1) is 16.5. The molecule has 0 heterocycles. The summed E-state index contributed by atoms with van der Waals surface area (Å²) in [6, 6.07) is 0. The molecule has 0 saturated heterocycles. The van der Waals surface area contributed by atoms with Crippen LogP contribution < -0.4 is 16.6 Å². The van der Waals surface area contributed by atoms with Crippen molar-refractivity contribution in [3.63, 3.8) is 0 Å². The van der Waals surface area contributed by atoms with E-state index in [9.17, 15) is 0 Å². The van der Waals surface area contributed by atoms with Crippen LogP contribution in [0.3, 0.4) is 0 Å². The van der Waals surface area contributed by atoms with Gasteiger partial charge in [-0.15, -0.1) is 0 Å². The first-order valence-electron chi connectivity index (χ1n) is 6.25. The molecule has 0 aliphatic carbocycles. The topological polar surface area (TPSA) is 71.7 Å². The fourth-order valence-corrected chi connectivity index (χ4v) is 1.80. The average molecular weight is 262 g/mol. The molecule has 0 aromatic rings. The Balaban J connectivity index is 3.49. The van der Waals surface area contributed by atoms with Gasteiger partial charge in [-0.05, 0) is 31.3 Å². The highest BCUT2D eigenvalue weighted by molar-refractivity contribution is 7.99. The minimum atomic E-state index is 0.669. The fourth-order valence-electron chi connectivity index (χ4n) is 1.18. The van der Waals surface area contributed by atoms with E-state index in [0.29, 0.717) is 5.96 Å². The van der Waals surface area contributed by atoms with Gasteiger partial charge in [-0.25, -0.2) is 5.84 Å². The molecular weight excluding hydrogens is 236 g/mol. The van der Waals surface area contributed by atoms with Crippen molar-refractivity contribution < 1.29 is 4.74 Å². The lowest BCUT2D eigenvalue weighted by atomic mass is 10.4. The highest BCUT2D eigenvalue weighted by Crippen LogP contribution is 2.00. The highest BCUT2D eigenvalue weighted by atomic mass is 32.2. The molecule has 0 aromatic carbocycles. The molecular formula is C11H26N4OS. The monoisotopic (exact) mass is 262 g/mol. The van der Waals surface area contributed by atoms with Crippen LogP contribution in [0.1, 0.15) is 26.7 Å². The van der Waals surface area contributed by atoms with E-state index in [4.69, 9.17) is 10.6 Å². The molecule has 0 aliphatic heterocycles. The minimum absolute atomic E-state index is 0.669. The molecule has 0 aromatic heterocycles. The van der Waals surface area contributed by atoms with E-state index in [-0.39, 0.29) is 0 Å². The van der Waals surface area contributed by atoms with E-state index in [2.05, 4.69) is 22.7 Å². The van der Waals surface area contributed by atoms with Gasteiger partial charge in [0.25, 0.3) is 0 Å². The molecule has 0 rings (SSSR count). The number of rotatable bonds is 10. The van der Waals surface area contributed by atoms with Crippen molar-refractivity contribution in [1.29, 1.82) is 0 Å². The van der Waals surface area contributed by atoms with Crippen molar-refractivity contribution in [2.75, 3.05) is 37.8 Å². The maximum Gasteiger partial charge on any atom is 0.205 e. The lowest BCUT2D eigenvalue weighted by molar-refractivity contribution is 0.145. The molecule has 0 atom stereocenters. The summed E-state index contributed by atoms with van der Waals surface area (Å²) in [4.78, 5) is 4.35. The van der Waals surface area contributed by atoms with Gasteiger partial charge in [0.05, 0.1) is 0 Å². The van der Waals surface area contributed by atoms with E-state index in [1.54, 1.807) is 0 Å². The summed E-state index contributed by atoms with van der Waals surface area (Å²) in [5, 5.41) is 3.15. The van der Waals surface area contributed by atoms with Gasteiger partial charge in [0.15, 0.2) is 0 Å². The van der Waals surface area contributed by atoms with Crippen LogP contribution in [0, 0.1) is 0 Å². The highest BCUT2D eigenvalue weighted by Gasteiger charge is 1.94. The molecule has 17 heavy (non-hydrogen) atoms. The summed E-state index contributed by atoms with van der Waals surface area (Å²) in [6.45, 7) is 7.34. The lowest BCUT2D eigenvalue weighted by Crippen LogP contribution is -2.42. The van der Waals surface area contributed by atoms with Gasteiger partial charge in [0, 0.05) is 26.3 Å². The standard InChI is InChI=1S/C11H26N4OS/c1-3-16-9-5-7-13-11(15-12)14-8-6-10-17-4-2/h3-10,12H2,1-2H3,(H2,13,14,15). The van der Waals surface area contributed by atoms with Crippen LogP contribution in [-0.2, 0) is 4.74 Å². The predicted molar refractivity (Wildman–Crippen MR) is 76.4 cm³/mol. The Morgan fingerprint density at radius 3 is 2.82 bits per heavy atom. The van der Waals surface area contributed by atoms with Crippen LogP contribution in [0.2, 0.25) is 0 Å². The summed E-state index contributed by atoms with van der Waals surface area (Å²) in [6.07, 6.45) is 2.05. The van der Waals surface area contributed by atoms with Gasteiger partial charge < -0.3 is 10.1 Å². The number of thioether (sulfide) groups is 1. The number of aliphatic imine (C=N–C) groups is 1. The van der Waals surface area contributed by atoms with Crippen molar-refractivity contribution in [3.05, 3.63) is 0 Å². The third-order valence-corrected chi connectivity index (χ3v) is 3.01. The number of guanidine groups is 1. The second-order valence-corrected chi connectivity index (χ2v) is 4.80. The summed E-state index contributed by atoms with van der Waals surface area (Å²) in [5.74, 6) is 8.37. The van der Waals surface area contributed by atoms with Crippen LogP contribution in [0.4, 0.5) is 0 Å². The summed E-state index contributed by atoms with van der Waals surface area (Å²) < 4.78 is 5.24. The second kappa shape index (κ2) is 13.6. The maximum atomic E-state index is 5.37. The quantitative estimate of drug-likeness (QED) is 0.180. The SMILES string of the molecule is CCOCCCNC(=NCCCSCC)NN. The van der Waals surface area contributed by atoms with Crippen LogP contribution in [0.15, 0.2) is 4.99 Å². The number of ether oxygens (including phenoxy) is 1. The Labute approximate surface area is 109 Å². The Morgan fingerprint density at radius 1 is 1.35 bits per heavy atom. The molecule has 4 N–H and O–H groups in total. The predicted octanol–water partition coefficient (Wildman–Crippen LogP) is 0.965. The third-order valence-electron chi connectivity index (χ3n) is 2.02. The zero-order valence-electron chi connectivity index (χ0n) is 11.0. The number of nitrogens with zero attached hydrogens (tertiary/aromatic N) is 1. The Bertz CT molecular complexity index is 190. The smallest absolute Gasteiger partial charge is 0.205 e. The van der Waals surface area contributed by atoms with E-state index >= 15 is 0 Å². The van der Waals surface area contributed by atoms with E-state index in [0.717, 1.165) is 44.9 Å².